The Morgan fingerprint density at radius 1 is 1.33 bits per heavy atom. The van der Waals surface area contributed by atoms with Crippen molar-refractivity contribution in [1.82, 2.24) is 0 Å². The molecule has 0 aliphatic heterocycles. The fraction of sp³-hybridized carbons (Fsp3) is 0.300. The Kier molecular flexibility index (Phi) is 3.59. The Balaban J connectivity index is 3.71. The van der Waals surface area contributed by atoms with E-state index in [1.807, 2.05) is 0 Å². The molecule has 0 aliphatic carbocycles. The first-order valence-electron chi connectivity index (χ1n) is 4.59. The van der Waals surface area contributed by atoms with Crippen LogP contribution < -0.4 is 15.2 Å². The van der Waals surface area contributed by atoms with Crippen LogP contribution in [0.1, 0.15) is 15.9 Å². The number of nitrogen functional groups attached to an aromatic ring is 1. The molecule has 3 N–H and O–H groups in total. The number of methoxy groups -OCH3 is 2. The smallest absolute Gasteiger partial charge is 0.418 e. The molecule has 18 heavy (non-hydrogen) atoms. The van der Waals surface area contributed by atoms with Crippen LogP contribution in [-0.2, 0) is 6.18 Å². The van der Waals surface area contributed by atoms with Gasteiger partial charge in [-0.15, -0.1) is 0 Å². The number of ether oxygens (including phenoxy) is 2. The number of alkyl halides is 3. The van der Waals surface area contributed by atoms with Crippen molar-refractivity contribution in [2.45, 2.75) is 6.18 Å². The van der Waals surface area contributed by atoms with Gasteiger partial charge in [0, 0.05) is 0 Å². The van der Waals surface area contributed by atoms with Gasteiger partial charge in [-0.25, -0.2) is 4.79 Å². The van der Waals surface area contributed by atoms with E-state index in [4.69, 9.17) is 15.6 Å². The maximum atomic E-state index is 12.7. The van der Waals surface area contributed by atoms with Gasteiger partial charge in [0.15, 0.2) is 11.5 Å². The number of rotatable bonds is 3. The number of carboxylic acids is 1. The van der Waals surface area contributed by atoms with Crippen LogP contribution in [0.3, 0.4) is 0 Å². The number of hydrogen-bond acceptors (Lipinski definition) is 4. The zero-order valence-electron chi connectivity index (χ0n) is 9.46. The lowest BCUT2D eigenvalue weighted by atomic mass is 10.0. The summed E-state index contributed by atoms with van der Waals surface area (Å²) in [6.07, 6.45) is -4.78. The second-order valence-electron chi connectivity index (χ2n) is 3.25. The molecule has 1 aromatic rings. The van der Waals surface area contributed by atoms with Crippen LogP contribution in [0.4, 0.5) is 18.9 Å². The van der Waals surface area contributed by atoms with Crippen molar-refractivity contribution in [3.05, 3.63) is 17.2 Å². The summed E-state index contributed by atoms with van der Waals surface area (Å²) in [5.74, 6) is -2.33. The van der Waals surface area contributed by atoms with Crippen molar-refractivity contribution in [2.75, 3.05) is 20.0 Å². The van der Waals surface area contributed by atoms with Crippen molar-refractivity contribution in [2.24, 2.45) is 0 Å². The molecule has 5 nitrogen and oxygen atoms in total. The normalized spacial score (nSPS) is 11.2. The van der Waals surface area contributed by atoms with E-state index in [0.29, 0.717) is 6.07 Å². The lowest BCUT2D eigenvalue weighted by Gasteiger charge is -2.17. The summed E-state index contributed by atoms with van der Waals surface area (Å²) in [7, 11) is 2.21. The molecule has 100 valence electrons. The summed E-state index contributed by atoms with van der Waals surface area (Å²) in [5.41, 5.74) is 2.27. The quantitative estimate of drug-likeness (QED) is 0.817. The zero-order chi connectivity index (χ0) is 14.1. The molecule has 0 radical (unpaired) electrons. The molecule has 0 aliphatic rings. The molecule has 0 aromatic heterocycles. The molecule has 0 amide bonds. The Morgan fingerprint density at radius 2 is 1.89 bits per heavy atom. The van der Waals surface area contributed by atoms with Crippen LogP contribution in [0, 0.1) is 0 Å². The lowest BCUT2D eigenvalue weighted by Crippen LogP contribution is -2.15. The maximum Gasteiger partial charge on any atom is 0.418 e. The highest BCUT2D eigenvalue weighted by Gasteiger charge is 2.37. The topological polar surface area (TPSA) is 81.8 Å². The minimum absolute atomic E-state index is 0.351. The molecule has 0 atom stereocenters. The molecule has 1 rings (SSSR count). The van der Waals surface area contributed by atoms with Crippen LogP contribution in [-0.4, -0.2) is 25.3 Å². The Hall–Kier alpha value is -2.12. The van der Waals surface area contributed by atoms with Gasteiger partial charge in [-0.1, -0.05) is 0 Å². The summed E-state index contributed by atoms with van der Waals surface area (Å²) in [6.45, 7) is 0. The molecule has 1 aromatic carbocycles. The highest BCUT2D eigenvalue weighted by atomic mass is 19.4. The molecule has 0 unspecified atom stereocenters. The minimum Gasteiger partial charge on any atom is -0.493 e. The van der Waals surface area contributed by atoms with Crippen LogP contribution >= 0.6 is 0 Å². The summed E-state index contributed by atoms with van der Waals surface area (Å²) in [6, 6.07) is 0.598. The second kappa shape index (κ2) is 4.63. The average molecular weight is 265 g/mol. The predicted molar refractivity (Wildman–Crippen MR) is 55.9 cm³/mol. The Morgan fingerprint density at radius 3 is 2.22 bits per heavy atom. The molecule has 0 heterocycles. The first kappa shape index (κ1) is 13.9. The van der Waals surface area contributed by atoms with Crippen molar-refractivity contribution >= 4 is 11.7 Å². The van der Waals surface area contributed by atoms with Gasteiger partial charge >= 0.3 is 12.1 Å². The second-order valence-corrected chi connectivity index (χ2v) is 3.25. The van der Waals surface area contributed by atoms with Gasteiger partial charge in [0.25, 0.3) is 0 Å². The molecule has 8 heteroatoms. The van der Waals surface area contributed by atoms with Gasteiger partial charge in [0.1, 0.15) is 5.56 Å². The number of benzene rings is 1. The van der Waals surface area contributed by atoms with Crippen molar-refractivity contribution < 1.29 is 32.5 Å². The highest BCUT2D eigenvalue weighted by molar-refractivity contribution is 5.99. The molecule has 0 fully saturated rings. The van der Waals surface area contributed by atoms with Gasteiger partial charge in [-0.2, -0.15) is 13.2 Å². The van der Waals surface area contributed by atoms with E-state index in [9.17, 15) is 18.0 Å². The summed E-state index contributed by atoms with van der Waals surface area (Å²) in [4.78, 5) is 11.0. The van der Waals surface area contributed by atoms with E-state index in [1.54, 1.807) is 0 Å². The van der Waals surface area contributed by atoms with Crippen molar-refractivity contribution in [3.63, 3.8) is 0 Å². The lowest BCUT2D eigenvalue weighted by molar-refractivity contribution is -0.137. The van der Waals surface area contributed by atoms with E-state index >= 15 is 0 Å². The predicted octanol–water partition coefficient (Wildman–Crippen LogP) is 2.00. The van der Waals surface area contributed by atoms with Crippen LogP contribution in [0.25, 0.3) is 0 Å². The third-order valence-electron chi connectivity index (χ3n) is 2.23. The zero-order valence-corrected chi connectivity index (χ0v) is 9.46. The number of nitrogens with two attached hydrogens (primary N) is 1. The summed E-state index contributed by atoms with van der Waals surface area (Å²) < 4.78 is 47.4. The molecular weight excluding hydrogens is 255 g/mol. The number of anilines is 1. The van der Waals surface area contributed by atoms with Crippen LogP contribution in [0.15, 0.2) is 6.07 Å². The Bertz CT molecular complexity index is 485. The van der Waals surface area contributed by atoms with Crippen LogP contribution in [0.2, 0.25) is 0 Å². The van der Waals surface area contributed by atoms with Gasteiger partial charge in [-0.3, -0.25) is 0 Å². The number of aromatic carboxylic acids is 1. The van der Waals surface area contributed by atoms with Crippen molar-refractivity contribution in [1.29, 1.82) is 0 Å². The van der Waals surface area contributed by atoms with E-state index in [2.05, 4.69) is 4.74 Å². The Labute approximate surface area is 99.9 Å². The average Bonchev–Trinajstić information content (AvgIpc) is 2.25. The molecule has 0 saturated carbocycles. The minimum atomic E-state index is -4.78. The number of carboxylic acid groups (broad SMARTS) is 1. The van der Waals surface area contributed by atoms with E-state index in [-0.39, 0.29) is 11.5 Å². The molecule has 0 bridgehead atoms. The van der Waals surface area contributed by atoms with E-state index < -0.39 is 29.0 Å². The molecule has 0 saturated heterocycles. The van der Waals surface area contributed by atoms with Gasteiger partial charge in [0.05, 0.1) is 25.5 Å². The SMILES string of the molecule is COc1cc(C(F)(F)F)c(N)c(C(=O)O)c1OC. The fourth-order valence-corrected chi connectivity index (χ4v) is 1.46. The van der Waals surface area contributed by atoms with Gasteiger partial charge in [0.2, 0.25) is 0 Å². The van der Waals surface area contributed by atoms with Crippen LogP contribution in [0.5, 0.6) is 11.5 Å². The fourth-order valence-electron chi connectivity index (χ4n) is 1.46. The maximum absolute atomic E-state index is 12.7. The van der Waals surface area contributed by atoms with Gasteiger partial charge < -0.3 is 20.3 Å². The number of halogens is 3. The summed E-state index contributed by atoms with van der Waals surface area (Å²) >= 11 is 0. The van der Waals surface area contributed by atoms with E-state index in [0.717, 1.165) is 14.2 Å². The number of carbonyl (C=O) groups is 1. The largest absolute Gasteiger partial charge is 0.493 e. The number of hydrogen-bond donors (Lipinski definition) is 2. The first-order valence-corrected chi connectivity index (χ1v) is 4.59. The molecular formula is C10H10F3NO4. The molecule has 0 spiro atoms. The third kappa shape index (κ3) is 2.27. The summed E-state index contributed by atoms with van der Waals surface area (Å²) in [5, 5.41) is 8.90. The van der Waals surface area contributed by atoms with E-state index in [1.165, 1.54) is 0 Å². The highest BCUT2D eigenvalue weighted by Crippen LogP contribution is 2.43. The monoisotopic (exact) mass is 265 g/mol. The van der Waals surface area contributed by atoms with Gasteiger partial charge in [-0.05, 0) is 6.07 Å². The first-order chi connectivity index (χ1) is 8.23. The standard InChI is InChI=1S/C10H10F3NO4/c1-17-5-3-4(10(11,12)13)7(14)6(9(15)16)8(5)18-2/h3H,14H2,1-2H3,(H,15,16). The van der Waals surface area contributed by atoms with Crippen molar-refractivity contribution in [3.8, 4) is 11.5 Å². The third-order valence-corrected chi connectivity index (χ3v) is 2.23.